The molecule has 0 saturated heterocycles. The van der Waals surface area contributed by atoms with Crippen molar-refractivity contribution in [3.8, 4) is 5.75 Å². The fraction of sp³-hybridized carbons (Fsp3) is 0.333. The number of ether oxygens (including phenoxy) is 1. The smallest absolute Gasteiger partial charge is 0.154 e. The number of rotatable bonds is 5. The monoisotopic (exact) mass is 299 g/mol. The predicted molar refractivity (Wildman–Crippen MR) is 84.8 cm³/mol. The van der Waals surface area contributed by atoms with Crippen molar-refractivity contribution in [1.82, 2.24) is 5.32 Å². The molecular formula is C18H21NO3. The number of likely N-dealkylation sites (N-methyl/N-ethyl adjacent to an activating group) is 1. The summed E-state index contributed by atoms with van der Waals surface area (Å²) in [6, 6.07) is 15.3. The minimum Gasteiger partial charge on any atom is -0.482 e. The van der Waals surface area contributed by atoms with E-state index in [0.717, 1.165) is 16.7 Å². The van der Waals surface area contributed by atoms with Gasteiger partial charge in [0.1, 0.15) is 11.4 Å². The number of para-hydroxylation sites is 1. The maximum atomic E-state index is 11.0. The molecule has 0 amide bonds. The van der Waals surface area contributed by atoms with E-state index in [2.05, 4.69) is 5.32 Å². The molecule has 0 spiro atoms. The summed E-state index contributed by atoms with van der Waals surface area (Å²) < 4.78 is 6.14. The molecule has 3 N–H and O–H groups in total. The fourth-order valence-corrected chi connectivity index (χ4v) is 3.17. The second-order valence-corrected chi connectivity index (χ2v) is 5.77. The molecule has 0 bridgehead atoms. The van der Waals surface area contributed by atoms with Crippen molar-refractivity contribution in [1.29, 1.82) is 0 Å². The van der Waals surface area contributed by atoms with E-state index in [1.807, 2.05) is 55.6 Å². The third kappa shape index (κ3) is 2.61. The van der Waals surface area contributed by atoms with Crippen LogP contribution in [0.5, 0.6) is 5.75 Å². The van der Waals surface area contributed by atoms with E-state index < -0.39 is 11.7 Å². The van der Waals surface area contributed by atoms with Crippen molar-refractivity contribution in [2.75, 3.05) is 13.6 Å². The number of hydrogen-bond donors (Lipinski definition) is 3. The van der Waals surface area contributed by atoms with Gasteiger partial charge in [-0.1, -0.05) is 42.5 Å². The van der Waals surface area contributed by atoms with Crippen LogP contribution < -0.4 is 10.1 Å². The molecule has 2 atom stereocenters. The zero-order valence-corrected chi connectivity index (χ0v) is 12.6. The second kappa shape index (κ2) is 6.08. The highest BCUT2D eigenvalue weighted by atomic mass is 16.5. The van der Waals surface area contributed by atoms with Crippen LogP contribution in [0.3, 0.4) is 0 Å². The van der Waals surface area contributed by atoms with Crippen molar-refractivity contribution in [3.63, 3.8) is 0 Å². The number of aliphatic hydroxyl groups is 2. The summed E-state index contributed by atoms with van der Waals surface area (Å²) in [5, 5.41) is 23.6. The lowest BCUT2D eigenvalue weighted by molar-refractivity contribution is -0.0490. The topological polar surface area (TPSA) is 61.7 Å². The van der Waals surface area contributed by atoms with Crippen LogP contribution in [0.2, 0.25) is 0 Å². The highest BCUT2D eigenvalue weighted by molar-refractivity contribution is 5.41. The summed E-state index contributed by atoms with van der Waals surface area (Å²) in [4.78, 5) is 0. The standard InChI is InChI=1S/C18H21NO3/c1-19-12-18(21)10-13-6-2-4-8-15(13)17(18)22-16-9-5-3-7-14(16)11-20/h2-9,17,19-21H,10-12H2,1H3/t17-,18+/m1/s1. The fourth-order valence-electron chi connectivity index (χ4n) is 3.17. The van der Waals surface area contributed by atoms with Crippen LogP contribution in [0, 0.1) is 0 Å². The average molecular weight is 299 g/mol. The molecule has 2 aromatic carbocycles. The van der Waals surface area contributed by atoms with Crippen molar-refractivity contribution in [3.05, 3.63) is 65.2 Å². The van der Waals surface area contributed by atoms with Gasteiger partial charge in [0, 0.05) is 18.5 Å². The molecule has 4 nitrogen and oxygen atoms in total. The first-order valence-electron chi connectivity index (χ1n) is 7.48. The zero-order valence-electron chi connectivity index (χ0n) is 12.6. The zero-order chi connectivity index (χ0) is 15.6. The van der Waals surface area contributed by atoms with Gasteiger partial charge in [-0.05, 0) is 24.2 Å². The van der Waals surface area contributed by atoms with Crippen LogP contribution in [0.4, 0.5) is 0 Å². The first kappa shape index (κ1) is 15.0. The molecule has 4 heteroatoms. The van der Waals surface area contributed by atoms with E-state index in [-0.39, 0.29) is 6.61 Å². The highest BCUT2D eigenvalue weighted by Crippen LogP contribution is 2.42. The summed E-state index contributed by atoms with van der Waals surface area (Å²) in [6.45, 7) is 0.350. The Hall–Kier alpha value is -1.88. The average Bonchev–Trinajstić information content (AvgIpc) is 2.80. The lowest BCUT2D eigenvalue weighted by atomic mass is 9.97. The van der Waals surface area contributed by atoms with Gasteiger partial charge < -0.3 is 20.3 Å². The molecule has 1 aliphatic rings. The summed E-state index contributed by atoms with van der Waals surface area (Å²) >= 11 is 0. The van der Waals surface area contributed by atoms with Crippen LogP contribution in [-0.4, -0.2) is 29.4 Å². The molecule has 22 heavy (non-hydrogen) atoms. The minimum atomic E-state index is -0.999. The third-order valence-corrected chi connectivity index (χ3v) is 4.19. The summed E-state index contributed by atoms with van der Waals surface area (Å²) in [5.41, 5.74) is 1.83. The van der Waals surface area contributed by atoms with Gasteiger partial charge >= 0.3 is 0 Å². The van der Waals surface area contributed by atoms with Gasteiger partial charge in [-0.25, -0.2) is 0 Å². The maximum Gasteiger partial charge on any atom is 0.154 e. The van der Waals surface area contributed by atoms with Crippen LogP contribution in [0.1, 0.15) is 22.8 Å². The summed E-state index contributed by atoms with van der Waals surface area (Å²) in [5.74, 6) is 0.612. The van der Waals surface area contributed by atoms with Gasteiger partial charge in [0.25, 0.3) is 0 Å². The van der Waals surface area contributed by atoms with Gasteiger partial charge in [0.05, 0.1) is 6.61 Å². The Morgan fingerprint density at radius 3 is 2.68 bits per heavy atom. The third-order valence-electron chi connectivity index (χ3n) is 4.19. The van der Waals surface area contributed by atoms with Gasteiger partial charge in [-0.15, -0.1) is 0 Å². The molecule has 116 valence electrons. The molecule has 1 aliphatic carbocycles. The molecule has 2 aromatic rings. The van der Waals surface area contributed by atoms with Crippen LogP contribution >= 0.6 is 0 Å². The Balaban J connectivity index is 1.98. The van der Waals surface area contributed by atoms with Gasteiger partial charge in [-0.2, -0.15) is 0 Å². The minimum absolute atomic E-state index is 0.0883. The van der Waals surface area contributed by atoms with Crippen LogP contribution in [0.25, 0.3) is 0 Å². The second-order valence-electron chi connectivity index (χ2n) is 5.77. The number of nitrogens with one attached hydrogen (secondary N) is 1. The Labute approximate surface area is 130 Å². The molecule has 0 heterocycles. The number of benzene rings is 2. The molecule has 0 aromatic heterocycles. The SMILES string of the molecule is CNC[C@@]1(O)Cc2ccccc2[C@H]1Oc1ccccc1CO. The van der Waals surface area contributed by atoms with Gasteiger partial charge in [-0.3, -0.25) is 0 Å². The lowest BCUT2D eigenvalue weighted by Crippen LogP contribution is -2.45. The molecule has 3 rings (SSSR count). The maximum absolute atomic E-state index is 11.0. The lowest BCUT2D eigenvalue weighted by Gasteiger charge is -2.31. The van der Waals surface area contributed by atoms with Gasteiger partial charge in [0.2, 0.25) is 0 Å². The van der Waals surface area contributed by atoms with Crippen molar-refractivity contribution in [2.24, 2.45) is 0 Å². The first-order valence-corrected chi connectivity index (χ1v) is 7.48. The molecule has 0 radical (unpaired) electrons. The molecule has 0 aliphatic heterocycles. The predicted octanol–water partition coefficient (Wildman–Crippen LogP) is 1.81. The largest absolute Gasteiger partial charge is 0.482 e. The first-order chi connectivity index (χ1) is 10.7. The van der Waals surface area contributed by atoms with E-state index in [1.165, 1.54) is 0 Å². The van der Waals surface area contributed by atoms with E-state index >= 15 is 0 Å². The molecule has 0 unspecified atom stereocenters. The van der Waals surface area contributed by atoms with E-state index in [0.29, 0.717) is 18.7 Å². The Morgan fingerprint density at radius 2 is 1.91 bits per heavy atom. The highest BCUT2D eigenvalue weighted by Gasteiger charge is 2.46. The molecular weight excluding hydrogens is 278 g/mol. The Kier molecular flexibility index (Phi) is 4.16. The summed E-state index contributed by atoms with van der Waals surface area (Å²) in [7, 11) is 1.82. The van der Waals surface area contributed by atoms with E-state index in [1.54, 1.807) is 0 Å². The number of hydrogen-bond acceptors (Lipinski definition) is 4. The van der Waals surface area contributed by atoms with Crippen LogP contribution in [0.15, 0.2) is 48.5 Å². The van der Waals surface area contributed by atoms with Crippen LogP contribution in [-0.2, 0) is 13.0 Å². The summed E-state index contributed by atoms with van der Waals surface area (Å²) in [6.07, 6.45) is 0.0968. The number of fused-ring (bicyclic) bond motifs is 1. The normalized spacial score (nSPS) is 23.3. The molecule has 0 fully saturated rings. The van der Waals surface area contributed by atoms with Gasteiger partial charge in [0.15, 0.2) is 6.10 Å². The molecule has 0 saturated carbocycles. The Morgan fingerprint density at radius 1 is 1.18 bits per heavy atom. The quantitative estimate of drug-likeness (QED) is 0.788. The van der Waals surface area contributed by atoms with E-state index in [4.69, 9.17) is 4.74 Å². The van der Waals surface area contributed by atoms with Crippen molar-refractivity contribution in [2.45, 2.75) is 24.7 Å². The van der Waals surface area contributed by atoms with Crippen molar-refractivity contribution >= 4 is 0 Å². The van der Waals surface area contributed by atoms with Crippen molar-refractivity contribution < 1.29 is 14.9 Å². The number of aliphatic hydroxyl groups excluding tert-OH is 1. The van der Waals surface area contributed by atoms with E-state index in [9.17, 15) is 10.2 Å². The Bertz CT molecular complexity index is 658.